The number of hydrogen-bond donors (Lipinski definition) is 1. The van der Waals surface area contributed by atoms with Crippen LogP contribution in [0.4, 0.5) is 0 Å². The van der Waals surface area contributed by atoms with Crippen LogP contribution in [0.15, 0.2) is 35.5 Å². The van der Waals surface area contributed by atoms with Crippen LogP contribution in [0.3, 0.4) is 0 Å². The summed E-state index contributed by atoms with van der Waals surface area (Å²) in [5.41, 5.74) is 0. The van der Waals surface area contributed by atoms with E-state index in [0.29, 0.717) is 0 Å². The zero-order valence-corrected chi connectivity index (χ0v) is 17.5. The van der Waals surface area contributed by atoms with E-state index < -0.39 is 12.1 Å². The van der Waals surface area contributed by atoms with Crippen LogP contribution in [0, 0.1) is 23.7 Å². The summed E-state index contributed by atoms with van der Waals surface area (Å²) in [6.45, 7) is 7.09. The molecule has 0 aliphatic rings. The van der Waals surface area contributed by atoms with E-state index in [0.717, 1.165) is 19.3 Å². The maximum atomic E-state index is 12.3. The molecule has 1 rings (SSSR count). The van der Waals surface area contributed by atoms with Crippen LogP contribution >= 0.6 is 0 Å². The molecule has 2 atom stereocenters. The Hall–Kier alpha value is -2.92. The van der Waals surface area contributed by atoms with E-state index in [1.165, 1.54) is 51.4 Å². The molecular weight excluding hydrogens is 366 g/mol. The Morgan fingerprint density at radius 2 is 1.86 bits per heavy atom. The van der Waals surface area contributed by atoms with E-state index in [2.05, 4.69) is 42.5 Å². The van der Waals surface area contributed by atoms with Crippen LogP contribution in [0.5, 0.6) is 0 Å². The van der Waals surface area contributed by atoms with Crippen molar-refractivity contribution in [1.82, 2.24) is 5.32 Å². The number of rotatable bonds is 12. The van der Waals surface area contributed by atoms with Gasteiger partial charge in [0.25, 0.3) is 5.91 Å². The average molecular weight is 398 g/mol. The number of furan rings is 1. The Kier molecular flexibility index (Phi) is 12.5. The van der Waals surface area contributed by atoms with E-state index in [-0.39, 0.29) is 17.7 Å². The molecule has 5 nitrogen and oxygen atoms in total. The molecule has 1 N–H and O–H groups in total. The van der Waals surface area contributed by atoms with E-state index in [1.54, 1.807) is 12.1 Å². The molecule has 156 valence electrons. The van der Waals surface area contributed by atoms with Gasteiger partial charge in [-0.05, 0) is 42.4 Å². The van der Waals surface area contributed by atoms with Crippen LogP contribution < -0.4 is 5.32 Å². The normalized spacial score (nSPS) is 11.8. The summed E-state index contributed by atoms with van der Waals surface area (Å²) in [7, 11) is 0. The number of esters is 1. The smallest absolute Gasteiger partial charge is 0.304 e. The van der Waals surface area contributed by atoms with Crippen LogP contribution in [-0.4, -0.2) is 24.0 Å². The lowest BCUT2D eigenvalue weighted by Crippen LogP contribution is -2.33. The third-order valence-corrected chi connectivity index (χ3v) is 4.18. The van der Waals surface area contributed by atoms with Crippen molar-refractivity contribution in [2.24, 2.45) is 0 Å². The topological polar surface area (TPSA) is 68.5 Å². The van der Waals surface area contributed by atoms with Gasteiger partial charge in [-0.3, -0.25) is 9.59 Å². The number of ether oxygens (including phenoxy) is 1. The number of carbonyl (C=O) groups excluding carboxylic acids is 2. The van der Waals surface area contributed by atoms with E-state index in [4.69, 9.17) is 9.15 Å². The highest BCUT2D eigenvalue weighted by Crippen LogP contribution is 2.10. The number of hydrogen-bond acceptors (Lipinski definition) is 4. The molecule has 1 amide bonds. The second-order valence-corrected chi connectivity index (χ2v) is 6.72. The Morgan fingerprint density at radius 1 is 1.17 bits per heavy atom. The molecule has 0 bridgehead atoms. The maximum absolute atomic E-state index is 12.3. The fraction of sp³-hybridized carbons (Fsp3) is 0.500. The van der Waals surface area contributed by atoms with Crippen LogP contribution in [0.1, 0.15) is 75.8 Å². The molecule has 1 aromatic heterocycles. The summed E-state index contributed by atoms with van der Waals surface area (Å²) < 4.78 is 10.1. The fourth-order valence-corrected chi connectivity index (χ4v) is 2.67. The molecular formula is C24H31NO4. The number of unbranched alkanes of at least 4 members (excludes halogenated alkanes) is 6. The summed E-state index contributed by atoms with van der Waals surface area (Å²) >= 11 is 0. The predicted molar refractivity (Wildman–Crippen MR) is 114 cm³/mol. The first kappa shape index (κ1) is 24.1. The molecule has 0 aromatic carbocycles. The molecule has 0 radical (unpaired) electrons. The highest BCUT2D eigenvalue weighted by molar-refractivity contribution is 5.91. The number of amides is 1. The third-order valence-electron chi connectivity index (χ3n) is 4.18. The Bertz CT molecular complexity index is 743. The van der Waals surface area contributed by atoms with Gasteiger partial charge in [-0.2, -0.15) is 0 Å². The second-order valence-electron chi connectivity index (χ2n) is 6.72. The van der Waals surface area contributed by atoms with Gasteiger partial charge in [0.15, 0.2) is 11.9 Å². The zero-order valence-electron chi connectivity index (χ0n) is 17.5. The summed E-state index contributed by atoms with van der Waals surface area (Å²) in [6, 6.07) is 2.96. The van der Waals surface area contributed by atoms with Crippen molar-refractivity contribution in [2.45, 2.75) is 77.4 Å². The molecule has 1 aromatic rings. The van der Waals surface area contributed by atoms with Gasteiger partial charge in [0.05, 0.1) is 12.3 Å². The number of nitrogens with one attached hydrogen (secondary N) is 1. The monoisotopic (exact) mass is 397 g/mol. The lowest BCUT2D eigenvalue weighted by Gasteiger charge is -2.12. The second kappa shape index (κ2) is 15.1. The largest absolute Gasteiger partial charge is 0.459 e. The Balaban J connectivity index is 2.62. The van der Waals surface area contributed by atoms with Crippen molar-refractivity contribution in [3.8, 4) is 23.7 Å². The van der Waals surface area contributed by atoms with Gasteiger partial charge in [-0.25, -0.2) is 0 Å². The molecule has 0 unspecified atom stereocenters. The van der Waals surface area contributed by atoms with Crippen molar-refractivity contribution in [3.63, 3.8) is 0 Å². The molecule has 29 heavy (non-hydrogen) atoms. The molecule has 0 fully saturated rings. The van der Waals surface area contributed by atoms with Crippen LogP contribution in [0.2, 0.25) is 0 Å². The van der Waals surface area contributed by atoms with Crippen molar-refractivity contribution in [1.29, 1.82) is 0 Å². The lowest BCUT2D eigenvalue weighted by atomic mass is 10.0. The molecule has 0 aliphatic heterocycles. The summed E-state index contributed by atoms with van der Waals surface area (Å²) in [6.07, 6.45) is 11.2. The Labute approximate surface area is 174 Å². The van der Waals surface area contributed by atoms with Gasteiger partial charge in [0.2, 0.25) is 0 Å². The summed E-state index contributed by atoms with van der Waals surface area (Å²) in [5, 5.41) is 2.89. The van der Waals surface area contributed by atoms with Crippen molar-refractivity contribution >= 4 is 11.9 Å². The molecule has 5 heteroatoms. The zero-order chi connectivity index (χ0) is 21.3. The third kappa shape index (κ3) is 11.5. The molecule has 0 spiro atoms. The highest BCUT2D eigenvalue weighted by atomic mass is 16.5. The average Bonchev–Trinajstić information content (AvgIpc) is 3.23. The Morgan fingerprint density at radius 3 is 2.48 bits per heavy atom. The van der Waals surface area contributed by atoms with Gasteiger partial charge < -0.3 is 14.5 Å². The minimum absolute atomic E-state index is 0.254. The van der Waals surface area contributed by atoms with Gasteiger partial charge >= 0.3 is 5.97 Å². The van der Waals surface area contributed by atoms with Crippen molar-refractivity contribution in [3.05, 3.63) is 36.8 Å². The molecule has 1 heterocycles. The minimum atomic E-state index is -0.693. The van der Waals surface area contributed by atoms with Crippen LogP contribution in [0.25, 0.3) is 0 Å². The molecule has 0 saturated heterocycles. The first-order valence-electron chi connectivity index (χ1n) is 10.2. The highest BCUT2D eigenvalue weighted by Gasteiger charge is 2.13. The van der Waals surface area contributed by atoms with Crippen molar-refractivity contribution in [2.75, 3.05) is 0 Å². The van der Waals surface area contributed by atoms with E-state index in [1.807, 2.05) is 0 Å². The van der Waals surface area contributed by atoms with E-state index >= 15 is 0 Å². The van der Waals surface area contributed by atoms with Gasteiger partial charge in [0, 0.05) is 6.92 Å². The molecule has 0 saturated carbocycles. The quantitative estimate of drug-likeness (QED) is 0.241. The number of carbonyl (C=O) groups is 2. The SMILES string of the molecule is C=C[C@@H](C#CC#C[C@@H](CCCCCCCCC)NC(=O)c1ccco1)OC(C)=O. The van der Waals surface area contributed by atoms with Crippen LogP contribution in [-0.2, 0) is 9.53 Å². The minimum Gasteiger partial charge on any atom is -0.459 e. The van der Waals surface area contributed by atoms with Gasteiger partial charge in [-0.15, -0.1) is 0 Å². The maximum Gasteiger partial charge on any atom is 0.304 e. The lowest BCUT2D eigenvalue weighted by molar-refractivity contribution is -0.142. The standard InChI is InChI=1S/C24H31NO4/c1-4-6-7-8-9-10-11-15-21(25-24(27)23-18-14-19-28-23)16-12-13-17-22(5-2)29-20(3)26/h5,14,18-19,21-22H,2,4,6-11,15H2,1,3H3,(H,25,27)/t21-,22+/m1/s1. The summed E-state index contributed by atoms with van der Waals surface area (Å²) in [5.74, 6) is 10.6. The fourth-order valence-electron chi connectivity index (χ4n) is 2.67. The van der Waals surface area contributed by atoms with E-state index in [9.17, 15) is 9.59 Å². The van der Waals surface area contributed by atoms with Crippen molar-refractivity contribution < 1.29 is 18.7 Å². The van der Waals surface area contributed by atoms with Gasteiger partial charge in [0.1, 0.15) is 0 Å². The van der Waals surface area contributed by atoms with Gasteiger partial charge in [-0.1, -0.05) is 64.4 Å². The summed E-state index contributed by atoms with van der Waals surface area (Å²) in [4.78, 5) is 23.2. The first-order chi connectivity index (χ1) is 14.1. The first-order valence-corrected chi connectivity index (χ1v) is 10.2. The predicted octanol–water partition coefficient (Wildman–Crippen LogP) is 4.64. The molecule has 0 aliphatic carbocycles.